The van der Waals surface area contributed by atoms with E-state index >= 15 is 0 Å². The highest BCUT2D eigenvalue weighted by atomic mass is 19.1. The Bertz CT molecular complexity index is 2100. The number of likely N-dealkylation sites (N-methyl/N-ethyl adjacent to an activating group) is 1. The second kappa shape index (κ2) is 22.2. The van der Waals surface area contributed by atoms with Crippen LogP contribution in [0.2, 0.25) is 0 Å². The number of allylic oxidation sites excluding steroid dienone is 1. The first-order valence-corrected chi connectivity index (χ1v) is 21.6. The van der Waals surface area contributed by atoms with E-state index in [-0.39, 0.29) is 11.1 Å². The summed E-state index contributed by atoms with van der Waals surface area (Å²) in [5.74, 6) is -0.707. The predicted molar refractivity (Wildman–Crippen MR) is 245 cm³/mol. The quantitative estimate of drug-likeness (QED) is 0.0885. The van der Waals surface area contributed by atoms with Crippen molar-refractivity contribution >= 4 is 51.5 Å². The Balaban J connectivity index is 0.000000245. The first-order valence-electron chi connectivity index (χ1n) is 21.6. The number of benzene rings is 2. The smallest absolute Gasteiger partial charge is 0.262 e. The molecular weight excluding hydrogens is 758 g/mol. The average molecular weight is 824 g/mol. The van der Waals surface area contributed by atoms with Gasteiger partial charge in [0.25, 0.3) is 11.8 Å². The van der Waals surface area contributed by atoms with Gasteiger partial charge in [-0.3, -0.25) is 19.3 Å². The van der Waals surface area contributed by atoms with Gasteiger partial charge in [0.1, 0.15) is 17.7 Å². The molecule has 3 aliphatic heterocycles. The number of nitrogens with one attached hydrogen (secondary N) is 4. The van der Waals surface area contributed by atoms with Crippen LogP contribution in [0.15, 0.2) is 73.6 Å². The maximum atomic E-state index is 14.7. The number of nitrogens with two attached hydrogens (primary N) is 1. The van der Waals surface area contributed by atoms with Gasteiger partial charge in [-0.1, -0.05) is 66.8 Å². The molecule has 0 radical (unpaired) electrons. The number of piperidine rings is 2. The molecule has 0 aliphatic carbocycles. The van der Waals surface area contributed by atoms with Gasteiger partial charge in [0.05, 0.1) is 22.3 Å². The molecule has 2 fully saturated rings. The molecule has 5 heterocycles. The van der Waals surface area contributed by atoms with Crippen LogP contribution >= 0.6 is 0 Å². The van der Waals surface area contributed by atoms with Gasteiger partial charge in [-0.2, -0.15) is 0 Å². The number of H-pyrrole nitrogens is 1. The van der Waals surface area contributed by atoms with E-state index < -0.39 is 29.6 Å². The molecule has 0 saturated carbocycles. The second-order valence-corrected chi connectivity index (χ2v) is 14.8. The minimum absolute atomic E-state index is 0.0313. The van der Waals surface area contributed by atoms with Crippen LogP contribution < -0.4 is 31.5 Å². The molecular formula is C47H66FN9O3. The lowest BCUT2D eigenvalue weighted by molar-refractivity contribution is -0.125. The number of aromatic amines is 1. The van der Waals surface area contributed by atoms with Crippen LogP contribution in [0.3, 0.4) is 0 Å². The molecule has 2 unspecified atom stereocenters. The molecule has 6 N–H and O–H groups in total. The summed E-state index contributed by atoms with van der Waals surface area (Å²) < 4.78 is 14.7. The molecule has 3 amide bonds. The lowest BCUT2D eigenvalue weighted by Gasteiger charge is -2.32. The fraction of sp³-hybridized carbons (Fsp3) is 0.447. The van der Waals surface area contributed by atoms with E-state index in [4.69, 9.17) is 5.73 Å². The highest BCUT2D eigenvalue weighted by Crippen LogP contribution is 2.34. The van der Waals surface area contributed by atoms with Crippen LogP contribution in [0, 0.1) is 11.7 Å². The zero-order valence-corrected chi connectivity index (χ0v) is 36.9. The molecule has 12 nitrogen and oxygen atoms in total. The minimum atomic E-state index is -0.884. The molecule has 324 valence electrons. The van der Waals surface area contributed by atoms with Crippen LogP contribution in [-0.2, 0) is 4.79 Å². The summed E-state index contributed by atoms with van der Waals surface area (Å²) in [4.78, 5) is 51.1. The molecule has 7 rings (SSSR count). The van der Waals surface area contributed by atoms with Crippen molar-refractivity contribution in [2.75, 3.05) is 54.9 Å². The third-order valence-electron chi connectivity index (χ3n) is 11.0. The average Bonchev–Trinajstić information content (AvgIpc) is 3.78. The first-order chi connectivity index (χ1) is 29.0. The van der Waals surface area contributed by atoms with E-state index in [9.17, 15) is 18.8 Å². The number of rotatable bonds is 12. The summed E-state index contributed by atoms with van der Waals surface area (Å²) in [6.07, 6.45) is 5.66. The molecule has 2 atom stereocenters. The van der Waals surface area contributed by atoms with Gasteiger partial charge < -0.3 is 36.5 Å². The largest absolute Gasteiger partial charge is 0.371 e. The van der Waals surface area contributed by atoms with Crippen molar-refractivity contribution in [3.63, 3.8) is 0 Å². The van der Waals surface area contributed by atoms with Crippen molar-refractivity contribution in [2.45, 2.75) is 92.7 Å². The SMILES string of the molecule is C=C(Nc1cc2[nH]c(C(CC)NC)cc2cn1)c1ccc(N(CC)CCN)cc1.C=C1CCC(N2C(=O)c3cc(F)c(N4CCC(C)CC4)cc3C2=O)C(=O)N1.CC.CC. The zero-order chi connectivity index (χ0) is 44.1. The molecule has 13 heteroatoms. The predicted octanol–water partition coefficient (Wildman–Crippen LogP) is 8.60. The van der Waals surface area contributed by atoms with Crippen LogP contribution in [0.1, 0.15) is 119 Å². The molecule has 0 bridgehead atoms. The number of nitrogens with zero attached hydrogens (tertiary/aromatic N) is 4. The number of carbonyl (C=O) groups excluding carboxylic acids is 3. The standard InChI is InChI=1S/C23H32N6.C20H22FN3O3.2C2H6/c1-5-20(25-4)22-13-18-15-26-23(14-21(18)28-22)27-16(3)17-7-9-19(10-8-17)29(6-2)12-11-24;1-11-5-7-23(8-6-11)17-10-14-13(9-15(17)21)19(26)24(20(14)27)16-4-3-12(2)22-18(16)25;2*1-2/h7-10,13-15,20,25,28H,3,5-6,11-12,24H2,1-2,4H3,(H,26,27);9-11,16H,2-8H2,1H3,(H,22,25);2*1-2H3. The van der Waals surface area contributed by atoms with Gasteiger partial charge in [0.15, 0.2) is 0 Å². The zero-order valence-electron chi connectivity index (χ0n) is 36.9. The highest BCUT2D eigenvalue weighted by molar-refractivity contribution is 6.23. The number of hydrogen-bond donors (Lipinski definition) is 5. The van der Waals surface area contributed by atoms with E-state index in [0.717, 1.165) is 84.4 Å². The molecule has 2 aromatic heterocycles. The normalized spacial score (nSPS) is 16.7. The highest BCUT2D eigenvalue weighted by Gasteiger charge is 2.44. The van der Waals surface area contributed by atoms with E-state index in [1.807, 2.05) is 51.9 Å². The summed E-state index contributed by atoms with van der Waals surface area (Å²) in [5.41, 5.74) is 12.1. The van der Waals surface area contributed by atoms with Gasteiger partial charge in [0.2, 0.25) is 5.91 Å². The number of carbonyl (C=O) groups is 3. The topological polar surface area (TPSA) is 152 Å². The number of pyridine rings is 1. The number of amides is 3. The van der Waals surface area contributed by atoms with Gasteiger partial charge in [-0.25, -0.2) is 9.37 Å². The summed E-state index contributed by atoms with van der Waals surface area (Å²) >= 11 is 0. The van der Waals surface area contributed by atoms with E-state index in [1.165, 1.54) is 17.4 Å². The monoisotopic (exact) mass is 824 g/mol. The summed E-state index contributed by atoms with van der Waals surface area (Å²) in [6.45, 7) is 26.2. The van der Waals surface area contributed by atoms with Crippen LogP contribution in [0.25, 0.3) is 16.6 Å². The Kier molecular flexibility index (Phi) is 17.4. The number of fused-ring (bicyclic) bond motifs is 2. The summed E-state index contributed by atoms with van der Waals surface area (Å²) in [7, 11) is 1.98. The number of imide groups is 1. The molecule has 4 aromatic rings. The molecule has 2 aromatic carbocycles. The number of halogens is 1. The van der Waals surface area contributed by atoms with Crippen LogP contribution in [-0.4, -0.2) is 78.4 Å². The van der Waals surface area contributed by atoms with Crippen LogP contribution in [0.5, 0.6) is 0 Å². The number of aromatic nitrogens is 2. The van der Waals surface area contributed by atoms with Gasteiger partial charge in [0, 0.05) is 79.2 Å². The molecule has 3 aliphatic rings. The van der Waals surface area contributed by atoms with Gasteiger partial charge in [-0.05, 0) is 87.9 Å². The summed E-state index contributed by atoms with van der Waals surface area (Å²) in [6, 6.07) is 14.6. The number of hydrogen-bond acceptors (Lipinski definition) is 9. The third kappa shape index (κ3) is 10.8. The van der Waals surface area contributed by atoms with Crippen molar-refractivity contribution in [1.82, 2.24) is 25.5 Å². The maximum absolute atomic E-state index is 14.7. The first kappa shape index (κ1) is 47.2. The minimum Gasteiger partial charge on any atom is -0.371 e. The van der Waals surface area contributed by atoms with E-state index in [1.54, 1.807) is 0 Å². The molecule has 0 spiro atoms. The Morgan fingerprint density at radius 3 is 2.23 bits per heavy atom. The lowest BCUT2D eigenvalue weighted by Crippen LogP contribution is -2.51. The van der Waals surface area contributed by atoms with Crippen molar-refractivity contribution in [2.24, 2.45) is 11.7 Å². The van der Waals surface area contributed by atoms with Gasteiger partial charge in [-0.15, -0.1) is 0 Å². The van der Waals surface area contributed by atoms with E-state index in [0.29, 0.717) is 42.7 Å². The molecule has 2 saturated heterocycles. The van der Waals surface area contributed by atoms with E-state index in [2.05, 4.69) is 95.1 Å². The summed E-state index contributed by atoms with van der Waals surface area (Å²) in [5, 5.41) is 10.4. The van der Waals surface area contributed by atoms with Crippen molar-refractivity contribution in [1.29, 1.82) is 0 Å². The lowest BCUT2D eigenvalue weighted by atomic mass is 9.98. The molecule has 60 heavy (non-hydrogen) atoms. The Hall–Kier alpha value is -5.53. The Morgan fingerprint density at radius 1 is 1.00 bits per heavy atom. The van der Waals surface area contributed by atoms with Gasteiger partial charge >= 0.3 is 0 Å². The van der Waals surface area contributed by atoms with Crippen molar-refractivity contribution in [3.8, 4) is 0 Å². The number of anilines is 3. The third-order valence-corrected chi connectivity index (χ3v) is 11.0. The Morgan fingerprint density at radius 2 is 1.65 bits per heavy atom. The van der Waals surface area contributed by atoms with Crippen molar-refractivity contribution < 1.29 is 18.8 Å². The second-order valence-electron chi connectivity index (χ2n) is 14.8. The fourth-order valence-electron chi connectivity index (χ4n) is 7.66. The van der Waals surface area contributed by atoms with Crippen molar-refractivity contribution in [3.05, 3.63) is 102 Å². The Labute approximate surface area is 355 Å². The maximum Gasteiger partial charge on any atom is 0.262 e. The fourth-order valence-corrected chi connectivity index (χ4v) is 7.66. The van der Waals surface area contributed by atoms with Crippen LogP contribution in [0.4, 0.5) is 21.6 Å².